The van der Waals surface area contributed by atoms with Crippen LogP contribution in [0, 0.1) is 5.41 Å². The zero-order valence-electron chi connectivity index (χ0n) is 24.3. The number of aromatic nitrogens is 2. The lowest BCUT2D eigenvalue weighted by Gasteiger charge is -2.37. The molecule has 1 atom stereocenters. The molecule has 1 spiro atoms. The molecular formula is C29H50N4O4. The first-order chi connectivity index (χ1) is 17.3. The summed E-state index contributed by atoms with van der Waals surface area (Å²) in [5.74, 6) is 0.454. The highest BCUT2D eigenvalue weighted by atomic mass is 16.6. The van der Waals surface area contributed by atoms with E-state index < -0.39 is 5.60 Å². The summed E-state index contributed by atoms with van der Waals surface area (Å²) in [6.45, 7) is 14.2. The molecule has 0 aromatic carbocycles. The number of nitrogens with zero attached hydrogens (tertiary/aromatic N) is 4. The predicted octanol–water partition coefficient (Wildman–Crippen LogP) is 5.72. The fourth-order valence-electron chi connectivity index (χ4n) is 6.17. The first-order valence-electron chi connectivity index (χ1n) is 14.3. The first kappa shape index (κ1) is 28.4. The molecular weight excluding hydrogens is 468 g/mol. The monoisotopic (exact) mass is 518 g/mol. The van der Waals surface area contributed by atoms with Gasteiger partial charge in [0.1, 0.15) is 11.8 Å². The molecule has 0 N–H and O–H groups in total. The summed E-state index contributed by atoms with van der Waals surface area (Å²) in [7, 11) is 3.92. The van der Waals surface area contributed by atoms with Crippen molar-refractivity contribution in [1.29, 1.82) is 0 Å². The number of carbonyl (C=O) groups excluding carboxylic acids is 1. The second-order valence-electron chi connectivity index (χ2n) is 13.6. The summed E-state index contributed by atoms with van der Waals surface area (Å²) >= 11 is 0. The van der Waals surface area contributed by atoms with Crippen molar-refractivity contribution in [1.82, 2.24) is 19.6 Å². The number of rotatable bonds is 7. The number of ether oxygens (including phenoxy) is 3. The Kier molecular flexibility index (Phi) is 8.61. The van der Waals surface area contributed by atoms with Crippen LogP contribution in [0.4, 0.5) is 4.79 Å². The molecule has 37 heavy (non-hydrogen) atoms. The van der Waals surface area contributed by atoms with Gasteiger partial charge >= 0.3 is 6.09 Å². The number of amides is 1. The second kappa shape index (κ2) is 11.2. The lowest BCUT2D eigenvalue weighted by Crippen LogP contribution is -2.38. The minimum Gasteiger partial charge on any atom is -0.444 e. The maximum atomic E-state index is 12.4. The van der Waals surface area contributed by atoms with Crippen LogP contribution in [0.2, 0.25) is 0 Å². The van der Waals surface area contributed by atoms with E-state index in [2.05, 4.69) is 36.7 Å². The fourth-order valence-corrected chi connectivity index (χ4v) is 6.17. The summed E-state index contributed by atoms with van der Waals surface area (Å²) in [6.07, 6.45) is 11.0. The summed E-state index contributed by atoms with van der Waals surface area (Å²) in [6, 6.07) is 0. The average molecular weight is 519 g/mol. The fraction of sp³-hybridized carbons (Fsp3) is 0.862. The van der Waals surface area contributed by atoms with E-state index in [9.17, 15) is 4.79 Å². The summed E-state index contributed by atoms with van der Waals surface area (Å²) in [4.78, 5) is 16.3. The Bertz CT molecular complexity index is 907. The molecule has 1 aliphatic carbocycles. The van der Waals surface area contributed by atoms with Crippen LogP contribution in [0.3, 0.4) is 0 Å². The van der Waals surface area contributed by atoms with Gasteiger partial charge in [0.05, 0.1) is 17.9 Å². The maximum absolute atomic E-state index is 12.4. The number of carbonyl (C=O) groups is 1. The molecule has 1 unspecified atom stereocenters. The molecule has 210 valence electrons. The van der Waals surface area contributed by atoms with Gasteiger partial charge in [-0.05, 0) is 84.6 Å². The van der Waals surface area contributed by atoms with Crippen molar-refractivity contribution in [2.75, 3.05) is 40.4 Å². The van der Waals surface area contributed by atoms with E-state index >= 15 is 0 Å². The van der Waals surface area contributed by atoms with Crippen LogP contribution >= 0.6 is 0 Å². The van der Waals surface area contributed by atoms with E-state index in [1.54, 1.807) is 11.9 Å². The highest BCUT2D eigenvalue weighted by Gasteiger charge is 2.47. The largest absolute Gasteiger partial charge is 0.444 e. The molecule has 1 amide bonds. The van der Waals surface area contributed by atoms with Gasteiger partial charge in [-0.2, -0.15) is 5.10 Å². The molecule has 1 aromatic rings. The third-order valence-corrected chi connectivity index (χ3v) is 8.11. The Morgan fingerprint density at radius 1 is 1.16 bits per heavy atom. The van der Waals surface area contributed by atoms with E-state index in [0.717, 1.165) is 71.2 Å². The molecule has 1 aromatic heterocycles. The Balaban J connectivity index is 1.41. The van der Waals surface area contributed by atoms with Gasteiger partial charge in [0.2, 0.25) is 0 Å². The van der Waals surface area contributed by atoms with Gasteiger partial charge in [-0.3, -0.25) is 0 Å². The van der Waals surface area contributed by atoms with E-state index in [0.29, 0.717) is 12.5 Å². The van der Waals surface area contributed by atoms with Gasteiger partial charge in [-0.15, -0.1) is 0 Å². The second-order valence-corrected chi connectivity index (χ2v) is 13.6. The Morgan fingerprint density at radius 3 is 2.49 bits per heavy atom. The van der Waals surface area contributed by atoms with Crippen molar-refractivity contribution >= 4 is 6.09 Å². The van der Waals surface area contributed by atoms with Crippen molar-refractivity contribution in [2.45, 2.75) is 116 Å². The summed E-state index contributed by atoms with van der Waals surface area (Å²) < 4.78 is 20.1. The quantitative estimate of drug-likeness (QED) is 0.460. The van der Waals surface area contributed by atoms with Gasteiger partial charge < -0.3 is 24.0 Å². The summed E-state index contributed by atoms with van der Waals surface area (Å²) in [5, 5.41) is 5.16. The van der Waals surface area contributed by atoms with Crippen LogP contribution in [0.15, 0.2) is 6.20 Å². The van der Waals surface area contributed by atoms with Crippen molar-refractivity contribution in [2.24, 2.45) is 5.41 Å². The van der Waals surface area contributed by atoms with E-state index in [-0.39, 0.29) is 23.3 Å². The Labute approximate surface area is 224 Å². The lowest BCUT2D eigenvalue weighted by atomic mass is 9.72. The van der Waals surface area contributed by atoms with Crippen LogP contribution in [0.5, 0.6) is 0 Å². The van der Waals surface area contributed by atoms with Crippen molar-refractivity contribution in [3.05, 3.63) is 17.5 Å². The van der Waals surface area contributed by atoms with Gasteiger partial charge in [0.25, 0.3) is 0 Å². The number of likely N-dealkylation sites (N-methyl/N-ethyl adjacent to an activating group) is 2. The molecule has 0 radical (unpaired) electrons. The van der Waals surface area contributed by atoms with Crippen LogP contribution in [0.25, 0.3) is 0 Å². The average Bonchev–Trinajstić information content (AvgIpc) is 3.38. The van der Waals surface area contributed by atoms with Crippen LogP contribution in [-0.4, -0.2) is 77.3 Å². The van der Waals surface area contributed by atoms with Crippen LogP contribution < -0.4 is 0 Å². The first-order valence-corrected chi connectivity index (χ1v) is 14.3. The lowest BCUT2D eigenvalue weighted by molar-refractivity contribution is -0.0405. The molecule has 1 saturated carbocycles. The van der Waals surface area contributed by atoms with E-state index in [1.807, 2.05) is 20.8 Å². The number of hydrogen-bond donors (Lipinski definition) is 0. The highest BCUT2D eigenvalue weighted by molar-refractivity contribution is 5.67. The third kappa shape index (κ3) is 7.48. The minimum absolute atomic E-state index is 0.0405. The predicted molar refractivity (Wildman–Crippen MR) is 145 cm³/mol. The summed E-state index contributed by atoms with van der Waals surface area (Å²) in [5.41, 5.74) is 2.38. The number of hydrogen-bond acceptors (Lipinski definition) is 6. The Hall–Kier alpha value is -1.64. The SMILES string of the molecule is CN(CCN(C)C(=O)OC(C)(C)C)Cc1cn(C2CCCCO2)nc1C1CCC2(CC1)CC(C)(C)CO2. The maximum Gasteiger partial charge on any atom is 0.410 e. The zero-order chi connectivity index (χ0) is 26.8. The molecule has 8 nitrogen and oxygen atoms in total. The highest BCUT2D eigenvalue weighted by Crippen LogP contribution is 2.50. The van der Waals surface area contributed by atoms with Gasteiger partial charge in [-0.1, -0.05) is 13.8 Å². The zero-order valence-corrected chi connectivity index (χ0v) is 24.3. The molecule has 3 aliphatic rings. The van der Waals surface area contributed by atoms with Crippen molar-refractivity contribution in [3.8, 4) is 0 Å². The van der Waals surface area contributed by atoms with Gasteiger partial charge in [0, 0.05) is 51.0 Å². The molecule has 4 rings (SSSR count). The third-order valence-electron chi connectivity index (χ3n) is 8.11. The smallest absolute Gasteiger partial charge is 0.410 e. The molecule has 8 heteroatoms. The molecule has 0 bridgehead atoms. The molecule has 2 aliphatic heterocycles. The van der Waals surface area contributed by atoms with E-state index in [4.69, 9.17) is 19.3 Å². The molecule has 3 fully saturated rings. The van der Waals surface area contributed by atoms with E-state index in [1.165, 1.54) is 17.7 Å². The molecule has 3 heterocycles. The van der Waals surface area contributed by atoms with Gasteiger partial charge in [0.15, 0.2) is 0 Å². The van der Waals surface area contributed by atoms with Crippen molar-refractivity contribution < 1.29 is 19.0 Å². The normalized spacial score (nSPS) is 28.1. The topological polar surface area (TPSA) is 69.1 Å². The minimum atomic E-state index is -0.486. The van der Waals surface area contributed by atoms with Crippen LogP contribution in [-0.2, 0) is 20.8 Å². The molecule has 2 saturated heterocycles. The standard InChI is InChI=1S/C29H50N4O4/c1-27(2,3)37-26(34)32(7)16-15-31(6)18-23-19-33(24-10-8-9-17-35-24)30-25(23)22-11-13-29(14-12-22)20-28(4,5)21-36-29/h19,22,24H,8-18,20-21H2,1-7H3. The van der Waals surface area contributed by atoms with Crippen LogP contribution in [0.1, 0.15) is 109 Å². The van der Waals surface area contributed by atoms with Gasteiger partial charge in [-0.25, -0.2) is 9.48 Å². The van der Waals surface area contributed by atoms with Crippen molar-refractivity contribution in [3.63, 3.8) is 0 Å². The Morgan fingerprint density at radius 2 is 1.89 bits per heavy atom.